The number of hydrogen-bond acceptors (Lipinski definition) is 1. The Kier molecular flexibility index (Phi) is 3.49. The third kappa shape index (κ3) is 2.17. The smallest absolute Gasteiger partial charge is 0.0503 e. The van der Waals surface area contributed by atoms with Crippen molar-refractivity contribution in [2.24, 2.45) is 5.92 Å². The lowest BCUT2D eigenvalue weighted by atomic mass is 9.75. The molecule has 0 aromatic heterocycles. The lowest BCUT2D eigenvalue weighted by Crippen LogP contribution is -2.19. The molecule has 5 rings (SSSR count). The molecule has 1 aliphatic heterocycles. The molecule has 128 valence electrons. The minimum absolute atomic E-state index is 0.431. The normalized spacial score (nSPS) is 14.7. The molecule has 0 bridgehead atoms. The Bertz CT molecular complexity index is 1040. The average molecular weight is 337 g/mol. The van der Waals surface area contributed by atoms with E-state index in [1.54, 1.807) is 0 Å². The van der Waals surface area contributed by atoms with Gasteiger partial charge in [-0.2, -0.15) is 0 Å². The Morgan fingerprint density at radius 2 is 1.23 bits per heavy atom. The van der Waals surface area contributed by atoms with Crippen LogP contribution < -0.4 is 5.32 Å². The summed E-state index contributed by atoms with van der Waals surface area (Å²) in [5.41, 5.74) is 5.44. The number of nitrogens with one attached hydrogen (secondary N) is 1. The summed E-state index contributed by atoms with van der Waals surface area (Å²) in [6.45, 7) is 4.68. The fourth-order valence-electron chi connectivity index (χ4n) is 4.52. The second-order valence-corrected chi connectivity index (χ2v) is 7.49. The molecule has 1 atom stereocenters. The molecule has 0 saturated carbocycles. The van der Waals surface area contributed by atoms with Crippen LogP contribution in [-0.2, 0) is 0 Å². The molecule has 1 unspecified atom stereocenters. The van der Waals surface area contributed by atoms with Crippen LogP contribution in [0.4, 0.5) is 11.4 Å². The van der Waals surface area contributed by atoms with Crippen LogP contribution in [-0.4, -0.2) is 0 Å². The van der Waals surface area contributed by atoms with Crippen LogP contribution in [0.25, 0.3) is 21.5 Å². The number of rotatable bonds is 2. The fraction of sp³-hybridized carbons (Fsp3) is 0.200. The maximum atomic E-state index is 3.84. The highest BCUT2D eigenvalue weighted by Gasteiger charge is 2.30. The molecule has 26 heavy (non-hydrogen) atoms. The summed E-state index contributed by atoms with van der Waals surface area (Å²) in [7, 11) is 0. The minimum atomic E-state index is 0.431. The van der Waals surface area contributed by atoms with Gasteiger partial charge in [0.25, 0.3) is 0 Å². The molecular weight excluding hydrogens is 314 g/mol. The zero-order chi connectivity index (χ0) is 17.7. The lowest BCUT2D eigenvalue weighted by Gasteiger charge is -2.34. The van der Waals surface area contributed by atoms with Gasteiger partial charge in [-0.25, -0.2) is 0 Å². The van der Waals surface area contributed by atoms with Crippen molar-refractivity contribution in [2.75, 3.05) is 5.32 Å². The molecular formula is C25H23N. The largest absolute Gasteiger partial charge is 0.354 e. The van der Waals surface area contributed by atoms with Crippen LogP contribution in [0.15, 0.2) is 72.8 Å². The van der Waals surface area contributed by atoms with E-state index in [1.807, 2.05) is 0 Å². The number of benzene rings is 4. The second-order valence-electron chi connectivity index (χ2n) is 7.49. The van der Waals surface area contributed by atoms with Crippen LogP contribution in [0.3, 0.4) is 0 Å². The van der Waals surface area contributed by atoms with Gasteiger partial charge < -0.3 is 5.32 Å². The van der Waals surface area contributed by atoms with Gasteiger partial charge in [0.2, 0.25) is 0 Å². The molecule has 0 amide bonds. The van der Waals surface area contributed by atoms with Crippen LogP contribution in [0, 0.1) is 5.92 Å². The van der Waals surface area contributed by atoms with Crippen LogP contribution >= 0.6 is 0 Å². The summed E-state index contributed by atoms with van der Waals surface area (Å²) in [6.07, 6.45) is 1.17. The highest BCUT2D eigenvalue weighted by molar-refractivity contribution is 6.05. The molecule has 4 aromatic carbocycles. The first-order valence-corrected chi connectivity index (χ1v) is 9.58. The summed E-state index contributed by atoms with van der Waals surface area (Å²) < 4.78 is 0. The molecule has 4 aromatic rings. The predicted molar refractivity (Wildman–Crippen MR) is 112 cm³/mol. The van der Waals surface area contributed by atoms with E-state index in [0.29, 0.717) is 11.8 Å². The maximum Gasteiger partial charge on any atom is 0.0503 e. The molecule has 0 radical (unpaired) electrons. The third-order valence-corrected chi connectivity index (χ3v) is 6.06. The van der Waals surface area contributed by atoms with E-state index in [1.165, 1.54) is 50.5 Å². The average Bonchev–Trinajstić information content (AvgIpc) is 2.71. The number of hydrogen-bond donors (Lipinski definition) is 1. The number of fused-ring (bicyclic) bond motifs is 6. The Labute approximate surface area is 154 Å². The first kappa shape index (κ1) is 15.5. The van der Waals surface area contributed by atoms with Gasteiger partial charge in [0, 0.05) is 16.7 Å². The highest BCUT2D eigenvalue weighted by atomic mass is 14.9. The summed E-state index contributed by atoms with van der Waals surface area (Å²) in [4.78, 5) is 0. The minimum Gasteiger partial charge on any atom is -0.354 e. The van der Waals surface area contributed by atoms with Gasteiger partial charge in [-0.1, -0.05) is 93.1 Å². The van der Waals surface area contributed by atoms with Crippen molar-refractivity contribution in [1.82, 2.24) is 0 Å². The Balaban J connectivity index is 1.85. The van der Waals surface area contributed by atoms with Crippen molar-refractivity contribution in [3.8, 4) is 0 Å². The van der Waals surface area contributed by atoms with Gasteiger partial charge in [-0.3, -0.25) is 0 Å². The molecule has 0 aliphatic carbocycles. The zero-order valence-electron chi connectivity index (χ0n) is 15.3. The molecule has 1 aliphatic rings. The third-order valence-electron chi connectivity index (χ3n) is 6.06. The van der Waals surface area contributed by atoms with Gasteiger partial charge in [-0.05, 0) is 27.8 Å². The van der Waals surface area contributed by atoms with E-state index in [9.17, 15) is 0 Å². The Morgan fingerprint density at radius 3 is 1.73 bits per heavy atom. The predicted octanol–water partition coefficient (Wildman–Crippen LogP) is 7.23. The first-order chi connectivity index (χ1) is 12.8. The van der Waals surface area contributed by atoms with Gasteiger partial charge in [0.05, 0.1) is 11.4 Å². The molecule has 1 heteroatoms. The molecule has 0 spiro atoms. The molecule has 0 saturated heterocycles. The van der Waals surface area contributed by atoms with E-state index < -0.39 is 0 Å². The van der Waals surface area contributed by atoms with Crippen molar-refractivity contribution in [3.63, 3.8) is 0 Å². The molecule has 0 fully saturated rings. The van der Waals surface area contributed by atoms with Gasteiger partial charge in [0.15, 0.2) is 0 Å². The van der Waals surface area contributed by atoms with Crippen LogP contribution in [0.2, 0.25) is 0 Å². The van der Waals surface area contributed by atoms with Crippen LogP contribution in [0.5, 0.6) is 0 Å². The van der Waals surface area contributed by atoms with E-state index >= 15 is 0 Å². The van der Waals surface area contributed by atoms with Crippen molar-refractivity contribution < 1.29 is 0 Å². The van der Waals surface area contributed by atoms with Crippen LogP contribution in [0.1, 0.15) is 37.3 Å². The van der Waals surface area contributed by atoms with Gasteiger partial charge in [0.1, 0.15) is 0 Å². The quantitative estimate of drug-likeness (QED) is 0.407. The standard InChI is InChI=1S/C25H23N/c1-3-16(2)23-21-14-12-17-8-4-6-10-19(17)24(21)26-25-20-11-7-5-9-18(20)13-15-22(23)25/h4-16,23,26H,3H2,1-2H3. The first-order valence-electron chi connectivity index (χ1n) is 9.58. The molecule has 1 nitrogen and oxygen atoms in total. The van der Waals surface area contributed by atoms with E-state index in [-0.39, 0.29) is 0 Å². The topological polar surface area (TPSA) is 12.0 Å². The summed E-state index contributed by atoms with van der Waals surface area (Å²) in [5, 5.41) is 9.06. The number of anilines is 2. The fourth-order valence-corrected chi connectivity index (χ4v) is 4.52. The monoisotopic (exact) mass is 337 g/mol. The lowest BCUT2D eigenvalue weighted by molar-refractivity contribution is 0.496. The highest BCUT2D eigenvalue weighted by Crippen LogP contribution is 2.50. The van der Waals surface area contributed by atoms with E-state index in [4.69, 9.17) is 0 Å². The molecule has 1 heterocycles. The van der Waals surface area contributed by atoms with Gasteiger partial charge >= 0.3 is 0 Å². The second kappa shape index (κ2) is 5.88. The SMILES string of the molecule is CCC(C)C1c2ccc3ccccc3c2Nc2c1ccc1ccccc21. The van der Waals surface area contributed by atoms with Crippen molar-refractivity contribution in [1.29, 1.82) is 0 Å². The van der Waals surface area contributed by atoms with Crippen molar-refractivity contribution >= 4 is 32.9 Å². The maximum absolute atomic E-state index is 3.84. The Hall–Kier alpha value is -2.80. The molecule has 1 N–H and O–H groups in total. The van der Waals surface area contributed by atoms with E-state index in [0.717, 1.165) is 0 Å². The summed E-state index contributed by atoms with van der Waals surface area (Å²) in [5.74, 6) is 1.03. The van der Waals surface area contributed by atoms with E-state index in [2.05, 4.69) is 92.0 Å². The Morgan fingerprint density at radius 1 is 0.731 bits per heavy atom. The van der Waals surface area contributed by atoms with Gasteiger partial charge in [-0.15, -0.1) is 0 Å². The summed E-state index contributed by atoms with van der Waals surface area (Å²) >= 11 is 0. The summed E-state index contributed by atoms with van der Waals surface area (Å²) in [6, 6.07) is 26.6. The zero-order valence-corrected chi connectivity index (χ0v) is 15.3. The van der Waals surface area contributed by atoms with Crippen molar-refractivity contribution in [3.05, 3.63) is 83.9 Å². The van der Waals surface area contributed by atoms with Crippen molar-refractivity contribution in [2.45, 2.75) is 26.2 Å².